The fourth-order valence-corrected chi connectivity index (χ4v) is 1.60. The van der Waals surface area contributed by atoms with Crippen molar-refractivity contribution in [2.24, 2.45) is 0 Å². The van der Waals surface area contributed by atoms with Crippen LogP contribution in [0.15, 0.2) is 18.2 Å². The van der Waals surface area contributed by atoms with E-state index >= 15 is 0 Å². The molecule has 0 radical (unpaired) electrons. The maximum Gasteiger partial charge on any atom is 0.272 e. The number of β-amino-alcohol motifs (C(OH)–C–C–N with tert-alkyl or cyclic N) is 1. The van der Waals surface area contributed by atoms with Crippen molar-refractivity contribution < 1.29 is 14.8 Å². The fourth-order valence-electron chi connectivity index (χ4n) is 1.60. The third kappa shape index (κ3) is 5.54. The van der Waals surface area contributed by atoms with Crippen LogP contribution in [-0.2, 0) is 0 Å². The second-order valence-corrected chi connectivity index (χ2v) is 5.80. The van der Waals surface area contributed by atoms with Crippen LogP contribution in [0, 0.1) is 17.0 Å². The minimum absolute atomic E-state index is 0.0623. The lowest BCUT2D eigenvalue weighted by molar-refractivity contribution is -0.385. The van der Waals surface area contributed by atoms with Crippen LogP contribution in [0.3, 0.4) is 0 Å². The zero-order chi connectivity index (χ0) is 15.3. The van der Waals surface area contributed by atoms with Gasteiger partial charge in [-0.2, -0.15) is 0 Å². The molecule has 0 fully saturated rings. The highest BCUT2D eigenvalue weighted by molar-refractivity contribution is 5.44. The van der Waals surface area contributed by atoms with Crippen LogP contribution in [0.2, 0.25) is 0 Å². The number of hydrogen-bond acceptors (Lipinski definition) is 5. The first-order valence-corrected chi connectivity index (χ1v) is 6.50. The SMILES string of the molecule is Cc1cc(OC[C@@H](O)CNC(C)(C)C)ccc1[N+](=O)[O-]. The lowest BCUT2D eigenvalue weighted by Gasteiger charge is -2.23. The number of aryl methyl sites for hydroxylation is 1. The summed E-state index contributed by atoms with van der Waals surface area (Å²) in [6.07, 6.45) is -0.635. The molecule has 20 heavy (non-hydrogen) atoms. The van der Waals surface area contributed by atoms with E-state index in [0.29, 0.717) is 17.9 Å². The van der Waals surface area contributed by atoms with Gasteiger partial charge in [-0.15, -0.1) is 0 Å². The van der Waals surface area contributed by atoms with Crippen molar-refractivity contribution in [2.45, 2.75) is 39.3 Å². The van der Waals surface area contributed by atoms with Crippen molar-refractivity contribution >= 4 is 5.69 Å². The van der Waals surface area contributed by atoms with Gasteiger partial charge in [0.2, 0.25) is 0 Å². The Morgan fingerprint density at radius 1 is 1.45 bits per heavy atom. The minimum atomic E-state index is -0.635. The highest BCUT2D eigenvalue weighted by atomic mass is 16.6. The first kappa shape index (κ1) is 16.4. The van der Waals surface area contributed by atoms with Gasteiger partial charge in [0.05, 0.1) is 4.92 Å². The number of aliphatic hydroxyl groups excluding tert-OH is 1. The highest BCUT2D eigenvalue weighted by Gasteiger charge is 2.14. The number of hydrogen-bond donors (Lipinski definition) is 2. The Bertz CT molecular complexity index is 469. The molecule has 0 amide bonds. The molecule has 1 rings (SSSR count). The Balaban J connectivity index is 2.50. The Morgan fingerprint density at radius 3 is 2.60 bits per heavy atom. The molecule has 0 unspecified atom stereocenters. The topological polar surface area (TPSA) is 84.6 Å². The van der Waals surface area contributed by atoms with Crippen molar-refractivity contribution in [3.63, 3.8) is 0 Å². The molecule has 112 valence electrons. The maximum atomic E-state index is 10.7. The highest BCUT2D eigenvalue weighted by Crippen LogP contribution is 2.23. The van der Waals surface area contributed by atoms with Crippen molar-refractivity contribution in [3.8, 4) is 5.75 Å². The average Bonchev–Trinajstić information content (AvgIpc) is 2.32. The number of benzene rings is 1. The van der Waals surface area contributed by atoms with Crippen molar-refractivity contribution in [3.05, 3.63) is 33.9 Å². The molecule has 0 aromatic heterocycles. The van der Waals surface area contributed by atoms with Gasteiger partial charge >= 0.3 is 0 Å². The molecule has 6 heteroatoms. The van der Waals surface area contributed by atoms with Crippen LogP contribution in [0.1, 0.15) is 26.3 Å². The van der Waals surface area contributed by atoms with Crippen LogP contribution in [-0.4, -0.2) is 34.8 Å². The number of nitrogens with zero attached hydrogens (tertiary/aromatic N) is 1. The summed E-state index contributed by atoms with van der Waals surface area (Å²) >= 11 is 0. The van der Waals surface area contributed by atoms with E-state index in [4.69, 9.17) is 4.74 Å². The van der Waals surface area contributed by atoms with Gasteiger partial charge in [0.25, 0.3) is 5.69 Å². The van der Waals surface area contributed by atoms with E-state index in [0.717, 1.165) is 0 Å². The quantitative estimate of drug-likeness (QED) is 0.616. The fraction of sp³-hybridized carbons (Fsp3) is 0.571. The summed E-state index contributed by atoms with van der Waals surface area (Å²) in [5.41, 5.74) is 0.535. The summed E-state index contributed by atoms with van der Waals surface area (Å²) in [5.74, 6) is 0.517. The monoisotopic (exact) mass is 282 g/mol. The number of nitrogens with one attached hydrogen (secondary N) is 1. The average molecular weight is 282 g/mol. The molecule has 1 atom stereocenters. The van der Waals surface area contributed by atoms with E-state index in [-0.39, 0.29) is 17.8 Å². The number of nitro benzene ring substituents is 1. The predicted molar refractivity (Wildman–Crippen MR) is 77.1 cm³/mol. The van der Waals surface area contributed by atoms with Crippen molar-refractivity contribution in [1.29, 1.82) is 0 Å². The molecule has 0 saturated heterocycles. The van der Waals surface area contributed by atoms with Gasteiger partial charge in [-0.05, 0) is 39.8 Å². The summed E-state index contributed by atoms with van der Waals surface area (Å²) in [5, 5.41) is 23.7. The van der Waals surface area contributed by atoms with E-state index in [2.05, 4.69) is 5.32 Å². The number of nitro groups is 1. The smallest absolute Gasteiger partial charge is 0.272 e. The molecule has 6 nitrogen and oxygen atoms in total. The maximum absolute atomic E-state index is 10.7. The lowest BCUT2D eigenvalue weighted by atomic mass is 10.1. The van der Waals surface area contributed by atoms with E-state index in [1.807, 2.05) is 20.8 Å². The third-order valence-corrected chi connectivity index (χ3v) is 2.68. The van der Waals surface area contributed by atoms with Crippen LogP contribution >= 0.6 is 0 Å². The largest absolute Gasteiger partial charge is 0.491 e. The molecule has 0 aliphatic carbocycles. The molecule has 1 aromatic rings. The molecule has 0 bridgehead atoms. The summed E-state index contributed by atoms with van der Waals surface area (Å²) in [6, 6.07) is 4.54. The number of rotatable bonds is 6. The second-order valence-electron chi connectivity index (χ2n) is 5.80. The first-order chi connectivity index (χ1) is 9.19. The van der Waals surface area contributed by atoms with Gasteiger partial charge in [-0.3, -0.25) is 10.1 Å². The van der Waals surface area contributed by atoms with E-state index in [9.17, 15) is 15.2 Å². The van der Waals surface area contributed by atoms with Gasteiger partial charge in [-0.1, -0.05) is 0 Å². The molecule has 0 heterocycles. The van der Waals surface area contributed by atoms with Crippen LogP contribution in [0.25, 0.3) is 0 Å². The van der Waals surface area contributed by atoms with Crippen LogP contribution in [0.4, 0.5) is 5.69 Å². The number of aliphatic hydroxyl groups is 1. The molecule has 1 aromatic carbocycles. The molecule has 0 saturated carbocycles. The summed E-state index contributed by atoms with van der Waals surface area (Å²) in [6.45, 7) is 8.26. The van der Waals surface area contributed by atoms with E-state index in [1.54, 1.807) is 13.0 Å². The lowest BCUT2D eigenvalue weighted by Crippen LogP contribution is -2.42. The Labute approximate surface area is 118 Å². The van der Waals surface area contributed by atoms with Crippen molar-refractivity contribution in [1.82, 2.24) is 5.32 Å². The first-order valence-electron chi connectivity index (χ1n) is 6.50. The van der Waals surface area contributed by atoms with Crippen LogP contribution in [0.5, 0.6) is 5.75 Å². The minimum Gasteiger partial charge on any atom is -0.491 e. The summed E-state index contributed by atoms with van der Waals surface area (Å²) < 4.78 is 5.44. The predicted octanol–water partition coefficient (Wildman–Crippen LogP) is 2.03. The van der Waals surface area contributed by atoms with E-state index in [1.165, 1.54) is 12.1 Å². The normalized spacial score (nSPS) is 13.1. The molecule has 0 aliphatic heterocycles. The zero-order valence-electron chi connectivity index (χ0n) is 12.3. The zero-order valence-corrected chi connectivity index (χ0v) is 12.3. The van der Waals surface area contributed by atoms with Crippen molar-refractivity contribution in [2.75, 3.05) is 13.2 Å². The summed E-state index contributed by atoms with van der Waals surface area (Å²) in [7, 11) is 0. The number of ether oxygens (including phenoxy) is 1. The Morgan fingerprint density at radius 2 is 2.10 bits per heavy atom. The second kappa shape index (κ2) is 6.67. The van der Waals surface area contributed by atoms with Gasteiger partial charge in [0.1, 0.15) is 18.5 Å². The van der Waals surface area contributed by atoms with Gasteiger partial charge in [0.15, 0.2) is 0 Å². The van der Waals surface area contributed by atoms with Gasteiger partial charge in [0, 0.05) is 23.7 Å². The molecular formula is C14H22N2O4. The molecule has 0 spiro atoms. The van der Waals surface area contributed by atoms with E-state index < -0.39 is 11.0 Å². The Kier molecular flexibility index (Phi) is 5.47. The third-order valence-electron chi connectivity index (χ3n) is 2.68. The van der Waals surface area contributed by atoms with Gasteiger partial charge < -0.3 is 15.2 Å². The summed E-state index contributed by atoms with van der Waals surface area (Å²) in [4.78, 5) is 10.3. The van der Waals surface area contributed by atoms with Gasteiger partial charge in [-0.25, -0.2) is 0 Å². The molecule has 0 aliphatic rings. The molecule has 2 N–H and O–H groups in total. The molecular weight excluding hydrogens is 260 g/mol. The standard InChI is InChI=1S/C14H22N2O4/c1-10-7-12(5-6-13(10)16(18)19)20-9-11(17)8-15-14(2,3)4/h5-7,11,15,17H,8-9H2,1-4H3/t11-/m0/s1. The van der Waals surface area contributed by atoms with Crippen LogP contribution < -0.4 is 10.1 Å². The Hall–Kier alpha value is -1.66.